The van der Waals surface area contributed by atoms with Crippen molar-refractivity contribution in [2.75, 3.05) is 18.1 Å². The number of hydrogen-bond acceptors (Lipinski definition) is 5. The Hall–Kier alpha value is -1.86. The molecule has 0 saturated heterocycles. The molecule has 2 N–H and O–H groups in total. The highest BCUT2D eigenvalue weighted by Gasteiger charge is 2.11. The Bertz CT molecular complexity index is 677. The second-order valence-corrected chi connectivity index (χ2v) is 6.63. The van der Waals surface area contributed by atoms with Gasteiger partial charge in [0.05, 0.1) is 11.0 Å². The maximum absolute atomic E-state index is 11.3. The lowest BCUT2D eigenvalue weighted by Gasteiger charge is -2.12. The molecule has 7 heteroatoms. The van der Waals surface area contributed by atoms with Gasteiger partial charge in [-0.3, -0.25) is 4.68 Å². The van der Waals surface area contributed by atoms with E-state index in [9.17, 15) is 13.5 Å². The lowest BCUT2D eigenvalue weighted by Crippen LogP contribution is -2.12. The number of nitrogens with one attached hydrogen (secondary N) is 1. The van der Waals surface area contributed by atoms with Crippen LogP contribution in [0.5, 0.6) is 0 Å². The first-order valence-corrected chi connectivity index (χ1v) is 7.97. The van der Waals surface area contributed by atoms with Crippen molar-refractivity contribution in [3.05, 3.63) is 42.1 Å². The fourth-order valence-corrected chi connectivity index (χ4v) is 2.40. The zero-order valence-electron chi connectivity index (χ0n) is 11.3. The van der Waals surface area contributed by atoms with Crippen LogP contribution in [0.1, 0.15) is 11.7 Å². The standard InChI is InChI=1S/C13H17N3O3S/c1-16-8-7-13(15-16)14-9-12(17)10-3-5-11(6-4-10)20(2,18)19/h3-8,12,17H,9H2,1-2H3,(H,14,15). The van der Waals surface area contributed by atoms with E-state index in [1.165, 1.54) is 12.1 Å². The Morgan fingerprint density at radius 1 is 1.30 bits per heavy atom. The molecule has 0 aliphatic rings. The molecule has 2 rings (SSSR count). The highest BCUT2D eigenvalue weighted by atomic mass is 32.2. The van der Waals surface area contributed by atoms with E-state index in [1.807, 2.05) is 7.05 Å². The smallest absolute Gasteiger partial charge is 0.175 e. The van der Waals surface area contributed by atoms with Crippen molar-refractivity contribution < 1.29 is 13.5 Å². The summed E-state index contributed by atoms with van der Waals surface area (Å²) in [5, 5.41) is 17.2. The van der Waals surface area contributed by atoms with Crippen molar-refractivity contribution in [2.24, 2.45) is 7.05 Å². The van der Waals surface area contributed by atoms with Gasteiger partial charge in [0, 0.05) is 32.1 Å². The minimum absolute atomic E-state index is 0.242. The SMILES string of the molecule is Cn1ccc(NCC(O)c2ccc(S(C)(=O)=O)cc2)n1. The fraction of sp³-hybridized carbons (Fsp3) is 0.308. The van der Waals surface area contributed by atoms with Crippen LogP contribution in [0.2, 0.25) is 0 Å². The van der Waals surface area contributed by atoms with E-state index in [0.717, 1.165) is 6.26 Å². The molecule has 0 spiro atoms. The first-order chi connectivity index (χ1) is 9.36. The molecule has 0 radical (unpaired) electrons. The molecule has 108 valence electrons. The van der Waals surface area contributed by atoms with Crippen LogP contribution in [0, 0.1) is 0 Å². The summed E-state index contributed by atoms with van der Waals surface area (Å²) < 4.78 is 24.3. The number of anilines is 1. The molecular weight excluding hydrogens is 278 g/mol. The second kappa shape index (κ2) is 5.64. The molecule has 1 atom stereocenters. The summed E-state index contributed by atoms with van der Waals surface area (Å²) in [5.41, 5.74) is 0.654. The third-order valence-corrected chi connectivity index (χ3v) is 4.01. The van der Waals surface area contributed by atoms with Crippen LogP contribution in [0.25, 0.3) is 0 Å². The molecule has 0 amide bonds. The second-order valence-electron chi connectivity index (χ2n) is 4.61. The van der Waals surface area contributed by atoms with Crippen LogP contribution in [-0.2, 0) is 16.9 Å². The number of aliphatic hydroxyl groups is 1. The summed E-state index contributed by atoms with van der Waals surface area (Å²) in [6, 6.07) is 8.02. The van der Waals surface area contributed by atoms with E-state index in [-0.39, 0.29) is 4.90 Å². The summed E-state index contributed by atoms with van der Waals surface area (Å²) in [6.07, 6.45) is 2.22. The normalized spacial score (nSPS) is 13.2. The van der Waals surface area contributed by atoms with Gasteiger partial charge in [-0.15, -0.1) is 0 Å². The highest BCUT2D eigenvalue weighted by Crippen LogP contribution is 2.17. The van der Waals surface area contributed by atoms with Gasteiger partial charge in [-0.2, -0.15) is 5.10 Å². The molecule has 0 fully saturated rings. The van der Waals surface area contributed by atoms with Crippen LogP contribution >= 0.6 is 0 Å². The molecule has 20 heavy (non-hydrogen) atoms. The van der Waals surface area contributed by atoms with Crippen LogP contribution < -0.4 is 5.32 Å². The summed E-state index contributed by atoms with van der Waals surface area (Å²) in [4.78, 5) is 0.242. The van der Waals surface area contributed by atoms with Gasteiger partial charge in [0.1, 0.15) is 5.82 Å². The summed E-state index contributed by atoms with van der Waals surface area (Å²) in [5.74, 6) is 0.680. The van der Waals surface area contributed by atoms with Crippen LogP contribution in [0.4, 0.5) is 5.82 Å². The third kappa shape index (κ3) is 3.58. The lowest BCUT2D eigenvalue weighted by atomic mass is 10.1. The van der Waals surface area contributed by atoms with Gasteiger partial charge >= 0.3 is 0 Å². The Morgan fingerprint density at radius 3 is 2.45 bits per heavy atom. The monoisotopic (exact) mass is 295 g/mol. The van der Waals surface area contributed by atoms with Gasteiger partial charge in [-0.1, -0.05) is 12.1 Å². The van der Waals surface area contributed by atoms with Crippen LogP contribution in [0.15, 0.2) is 41.4 Å². The van der Waals surface area contributed by atoms with Gasteiger partial charge in [-0.25, -0.2) is 8.42 Å². The van der Waals surface area contributed by atoms with Crippen molar-refractivity contribution in [3.8, 4) is 0 Å². The molecule has 0 aliphatic carbocycles. The Labute approximate surface area is 118 Å². The molecule has 0 aliphatic heterocycles. The molecule has 6 nitrogen and oxygen atoms in total. The molecule has 0 saturated carbocycles. The largest absolute Gasteiger partial charge is 0.387 e. The molecule has 1 aromatic heterocycles. The van der Waals surface area contributed by atoms with Crippen molar-refractivity contribution in [3.63, 3.8) is 0 Å². The van der Waals surface area contributed by atoms with E-state index < -0.39 is 15.9 Å². The van der Waals surface area contributed by atoms with Crippen molar-refractivity contribution in [2.45, 2.75) is 11.0 Å². The zero-order chi connectivity index (χ0) is 14.8. The van der Waals surface area contributed by atoms with E-state index in [1.54, 1.807) is 29.1 Å². The van der Waals surface area contributed by atoms with Gasteiger partial charge in [0.15, 0.2) is 9.84 Å². The minimum atomic E-state index is -3.21. The number of rotatable bonds is 5. The summed E-state index contributed by atoms with van der Waals surface area (Å²) in [7, 11) is -1.40. The number of aliphatic hydroxyl groups excluding tert-OH is 1. The quantitative estimate of drug-likeness (QED) is 0.858. The molecule has 1 heterocycles. The number of aryl methyl sites for hydroxylation is 1. The van der Waals surface area contributed by atoms with Crippen molar-refractivity contribution in [1.29, 1.82) is 0 Å². The molecular formula is C13H17N3O3S. The number of benzene rings is 1. The summed E-state index contributed by atoms with van der Waals surface area (Å²) >= 11 is 0. The van der Waals surface area contributed by atoms with E-state index >= 15 is 0 Å². The topological polar surface area (TPSA) is 84.2 Å². The Morgan fingerprint density at radius 2 is 1.95 bits per heavy atom. The predicted octanol–water partition coefficient (Wildman–Crippen LogP) is 0.969. The predicted molar refractivity (Wildman–Crippen MR) is 76.2 cm³/mol. The Balaban J connectivity index is 2.00. The van der Waals surface area contributed by atoms with E-state index in [0.29, 0.717) is 17.9 Å². The fourth-order valence-electron chi connectivity index (χ4n) is 1.77. The van der Waals surface area contributed by atoms with Crippen LogP contribution in [-0.4, -0.2) is 36.1 Å². The molecule has 1 unspecified atom stereocenters. The van der Waals surface area contributed by atoms with Crippen LogP contribution in [0.3, 0.4) is 0 Å². The van der Waals surface area contributed by atoms with Gasteiger partial charge in [0.25, 0.3) is 0 Å². The average Bonchev–Trinajstić information content (AvgIpc) is 2.81. The van der Waals surface area contributed by atoms with Crippen molar-refractivity contribution >= 4 is 15.7 Å². The first-order valence-electron chi connectivity index (χ1n) is 6.08. The molecule has 2 aromatic rings. The minimum Gasteiger partial charge on any atom is -0.387 e. The average molecular weight is 295 g/mol. The Kier molecular flexibility index (Phi) is 4.10. The first kappa shape index (κ1) is 14.5. The van der Waals surface area contributed by atoms with Gasteiger partial charge in [-0.05, 0) is 17.7 Å². The maximum Gasteiger partial charge on any atom is 0.175 e. The number of hydrogen-bond donors (Lipinski definition) is 2. The number of nitrogens with zero attached hydrogens (tertiary/aromatic N) is 2. The number of aromatic nitrogens is 2. The number of sulfone groups is 1. The zero-order valence-corrected chi connectivity index (χ0v) is 12.1. The van der Waals surface area contributed by atoms with Crippen molar-refractivity contribution in [1.82, 2.24) is 9.78 Å². The third-order valence-electron chi connectivity index (χ3n) is 2.88. The molecule has 0 bridgehead atoms. The van der Waals surface area contributed by atoms with Gasteiger partial charge in [0.2, 0.25) is 0 Å². The highest BCUT2D eigenvalue weighted by molar-refractivity contribution is 7.90. The van der Waals surface area contributed by atoms with E-state index in [4.69, 9.17) is 0 Å². The maximum atomic E-state index is 11.3. The lowest BCUT2D eigenvalue weighted by molar-refractivity contribution is 0.191. The van der Waals surface area contributed by atoms with E-state index in [2.05, 4.69) is 10.4 Å². The van der Waals surface area contributed by atoms with Gasteiger partial charge < -0.3 is 10.4 Å². The summed E-state index contributed by atoms with van der Waals surface area (Å²) in [6.45, 7) is 0.301. The molecule has 1 aromatic carbocycles.